The average molecular weight is 846 g/mol. The van der Waals surface area contributed by atoms with E-state index in [1.807, 2.05) is 0 Å². The van der Waals surface area contributed by atoms with E-state index in [0.29, 0.717) is 19.3 Å². The molecule has 0 aliphatic carbocycles. The van der Waals surface area contributed by atoms with Gasteiger partial charge in [-0.1, -0.05) is 244 Å². The molecule has 1 amide bonds. The minimum atomic E-state index is -0.785. The van der Waals surface area contributed by atoms with Crippen LogP contribution < -0.4 is 5.32 Å². The number of aliphatic hydroxyl groups is 2. The number of aliphatic hydroxyl groups excluding tert-OH is 2. The predicted molar refractivity (Wildman–Crippen MR) is 260 cm³/mol. The molecule has 60 heavy (non-hydrogen) atoms. The van der Waals surface area contributed by atoms with E-state index in [1.54, 1.807) is 0 Å². The van der Waals surface area contributed by atoms with E-state index in [-0.39, 0.29) is 24.9 Å². The van der Waals surface area contributed by atoms with E-state index < -0.39 is 18.2 Å². The van der Waals surface area contributed by atoms with Crippen LogP contribution in [0.3, 0.4) is 0 Å². The molecule has 0 aromatic rings. The zero-order valence-corrected chi connectivity index (χ0v) is 40.4. The van der Waals surface area contributed by atoms with Crippen molar-refractivity contribution < 1.29 is 24.5 Å². The van der Waals surface area contributed by atoms with Crippen LogP contribution in [0.25, 0.3) is 0 Å². The van der Waals surface area contributed by atoms with Gasteiger partial charge in [-0.25, -0.2) is 0 Å². The first kappa shape index (κ1) is 58.3. The Hall–Kier alpha value is -1.66. The lowest BCUT2D eigenvalue weighted by Gasteiger charge is -2.24. The van der Waals surface area contributed by atoms with Crippen molar-refractivity contribution in [2.75, 3.05) is 6.61 Å². The monoisotopic (exact) mass is 846 g/mol. The summed E-state index contributed by atoms with van der Waals surface area (Å²) >= 11 is 0. The van der Waals surface area contributed by atoms with Crippen molar-refractivity contribution in [2.45, 2.75) is 302 Å². The van der Waals surface area contributed by atoms with Gasteiger partial charge in [-0.3, -0.25) is 9.59 Å². The maximum atomic E-state index is 13.2. The molecule has 0 bridgehead atoms. The number of carbonyl (C=O) groups is 2. The molecule has 0 rings (SSSR count). The van der Waals surface area contributed by atoms with Crippen LogP contribution in [0, 0.1) is 0 Å². The van der Waals surface area contributed by atoms with E-state index >= 15 is 0 Å². The van der Waals surface area contributed by atoms with Crippen LogP contribution in [0.2, 0.25) is 0 Å². The third-order valence-corrected chi connectivity index (χ3v) is 12.3. The summed E-state index contributed by atoms with van der Waals surface area (Å²) in [6.45, 7) is 6.47. The molecular weight excluding hydrogens is 743 g/mol. The van der Waals surface area contributed by atoms with Gasteiger partial charge in [0.1, 0.15) is 6.10 Å². The zero-order chi connectivity index (χ0) is 43.8. The SMILES string of the molecule is CCCCC/C=C/C=C/CCCCCCCCC(=O)OC(CCCCCCCCCCCCCC)CC(=O)NC(CO)C(O)CCCCCCCCCCCCCCCC. The topological polar surface area (TPSA) is 95.9 Å². The number of ether oxygens (including phenoxy) is 1. The molecule has 3 N–H and O–H groups in total. The van der Waals surface area contributed by atoms with Gasteiger partial charge in [0.05, 0.1) is 25.2 Å². The fourth-order valence-electron chi connectivity index (χ4n) is 8.25. The maximum Gasteiger partial charge on any atom is 0.306 e. The quantitative estimate of drug-likeness (QED) is 0.0322. The molecule has 354 valence electrons. The van der Waals surface area contributed by atoms with Crippen LogP contribution >= 0.6 is 0 Å². The van der Waals surface area contributed by atoms with Crippen molar-refractivity contribution in [3.63, 3.8) is 0 Å². The summed E-state index contributed by atoms with van der Waals surface area (Å²) in [5.41, 5.74) is 0. The lowest BCUT2D eigenvalue weighted by molar-refractivity contribution is -0.151. The molecule has 0 spiro atoms. The maximum absolute atomic E-state index is 13.2. The normalized spacial score (nSPS) is 13.3. The highest BCUT2D eigenvalue weighted by atomic mass is 16.5. The van der Waals surface area contributed by atoms with Gasteiger partial charge in [-0.15, -0.1) is 0 Å². The van der Waals surface area contributed by atoms with E-state index in [9.17, 15) is 19.8 Å². The van der Waals surface area contributed by atoms with Crippen molar-refractivity contribution >= 4 is 11.9 Å². The number of hydrogen-bond acceptors (Lipinski definition) is 5. The van der Waals surface area contributed by atoms with Gasteiger partial charge in [0, 0.05) is 6.42 Å². The summed E-state index contributed by atoms with van der Waals surface area (Å²) in [4.78, 5) is 26.1. The van der Waals surface area contributed by atoms with Crippen molar-refractivity contribution in [3.8, 4) is 0 Å². The molecule has 0 aromatic carbocycles. The molecule has 0 heterocycles. The molecule has 6 heteroatoms. The minimum absolute atomic E-state index is 0.0783. The van der Waals surface area contributed by atoms with Crippen molar-refractivity contribution in [1.82, 2.24) is 5.32 Å². The molecule has 0 radical (unpaired) electrons. The summed E-state index contributed by atoms with van der Waals surface area (Å²) in [6.07, 6.45) is 55.2. The Kier molecular flexibility index (Phi) is 47.0. The number of unbranched alkanes of at least 4 members (excludes halogenated alkanes) is 33. The molecular formula is C54H103NO5. The van der Waals surface area contributed by atoms with E-state index in [1.165, 1.54) is 186 Å². The third-order valence-electron chi connectivity index (χ3n) is 12.3. The molecule has 0 saturated heterocycles. The molecule has 3 atom stereocenters. The lowest BCUT2D eigenvalue weighted by Crippen LogP contribution is -2.46. The third kappa shape index (κ3) is 43.0. The van der Waals surface area contributed by atoms with Crippen molar-refractivity contribution in [2.24, 2.45) is 0 Å². The fraction of sp³-hybridized carbons (Fsp3) is 0.889. The number of allylic oxidation sites excluding steroid dienone is 4. The largest absolute Gasteiger partial charge is 0.462 e. The molecule has 3 unspecified atom stereocenters. The first-order valence-electron chi connectivity index (χ1n) is 26.6. The van der Waals surface area contributed by atoms with Gasteiger partial charge in [0.2, 0.25) is 5.91 Å². The highest BCUT2D eigenvalue weighted by Gasteiger charge is 2.24. The number of carbonyl (C=O) groups excluding carboxylic acids is 2. The van der Waals surface area contributed by atoms with Crippen LogP contribution in [0.15, 0.2) is 24.3 Å². The van der Waals surface area contributed by atoms with Crippen LogP contribution in [0.4, 0.5) is 0 Å². The summed E-state index contributed by atoms with van der Waals surface area (Å²) in [5, 5.41) is 23.8. The Morgan fingerprint density at radius 3 is 1.27 bits per heavy atom. The van der Waals surface area contributed by atoms with E-state index in [0.717, 1.165) is 51.4 Å². The predicted octanol–water partition coefficient (Wildman–Crippen LogP) is 15.9. The number of amides is 1. The molecule has 0 aliphatic rings. The van der Waals surface area contributed by atoms with Crippen LogP contribution in [0.5, 0.6) is 0 Å². The van der Waals surface area contributed by atoms with Crippen molar-refractivity contribution in [1.29, 1.82) is 0 Å². The van der Waals surface area contributed by atoms with Crippen LogP contribution in [-0.4, -0.2) is 46.9 Å². The van der Waals surface area contributed by atoms with Crippen molar-refractivity contribution in [3.05, 3.63) is 24.3 Å². The van der Waals surface area contributed by atoms with Gasteiger partial charge in [0.25, 0.3) is 0 Å². The first-order chi connectivity index (χ1) is 29.5. The van der Waals surface area contributed by atoms with Gasteiger partial charge in [-0.2, -0.15) is 0 Å². The fourth-order valence-corrected chi connectivity index (χ4v) is 8.25. The molecule has 0 aromatic heterocycles. The van der Waals surface area contributed by atoms with Gasteiger partial charge < -0.3 is 20.3 Å². The van der Waals surface area contributed by atoms with Gasteiger partial charge in [0.15, 0.2) is 0 Å². The smallest absolute Gasteiger partial charge is 0.306 e. The Morgan fingerprint density at radius 2 is 0.833 bits per heavy atom. The first-order valence-corrected chi connectivity index (χ1v) is 26.6. The Balaban J connectivity index is 4.53. The zero-order valence-electron chi connectivity index (χ0n) is 40.4. The second-order valence-corrected chi connectivity index (χ2v) is 18.3. The summed E-state index contributed by atoms with van der Waals surface area (Å²) in [6, 6.07) is -0.698. The molecule has 0 saturated carbocycles. The Labute approximate surface area is 373 Å². The summed E-state index contributed by atoms with van der Waals surface area (Å²) in [5.74, 6) is -0.472. The lowest BCUT2D eigenvalue weighted by atomic mass is 10.0. The second-order valence-electron chi connectivity index (χ2n) is 18.3. The summed E-state index contributed by atoms with van der Waals surface area (Å²) in [7, 11) is 0. The molecule has 0 fully saturated rings. The van der Waals surface area contributed by atoms with Crippen LogP contribution in [0.1, 0.15) is 284 Å². The molecule has 0 aliphatic heterocycles. The Bertz CT molecular complexity index is 950. The minimum Gasteiger partial charge on any atom is -0.462 e. The van der Waals surface area contributed by atoms with Gasteiger partial charge >= 0.3 is 5.97 Å². The number of esters is 1. The number of rotatable bonds is 48. The van der Waals surface area contributed by atoms with Crippen LogP contribution in [-0.2, 0) is 14.3 Å². The standard InChI is InChI=1S/C54H103NO5/c1-4-7-10-13-16-19-22-25-27-29-32-35-38-41-44-47-54(59)60-50(45-42-39-36-33-30-24-21-18-15-12-9-6-3)48-53(58)55-51(49-56)52(57)46-43-40-37-34-31-28-26-23-20-17-14-11-8-5-2/h16,19,22,25,50-52,56-57H,4-15,17-18,20-21,23-24,26-49H2,1-3H3,(H,55,58)/b19-16+,25-22+. The van der Waals surface area contributed by atoms with Gasteiger partial charge in [-0.05, 0) is 51.4 Å². The van der Waals surface area contributed by atoms with E-state index in [2.05, 4.69) is 50.4 Å². The average Bonchev–Trinajstić information content (AvgIpc) is 3.24. The summed E-state index contributed by atoms with van der Waals surface area (Å²) < 4.78 is 5.93. The molecule has 6 nitrogen and oxygen atoms in total. The highest BCUT2D eigenvalue weighted by Crippen LogP contribution is 2.18. The Morgan fingerprint density at radius 1 is 0.483 bits per heavy atom. The second kappa shape index (κ2) is 48.4. The highest BCUT2D eigenvalue weighted by molar-refractivity contribution is 5.77. The van der Waals surface area contributed by atoms with E-state index in [4.69, 9.17) is 4.74 Å². The number of nitrogens with one attached hydrogen (secondary N) is 1. The number of hydrogen-bond donors (Lipinski definition) is 3.